The number of carbonyl (C=O) groups is 1. The Bertz CT molecular complexity index is 784. The van der Waals surface area contributed by atoms with Gasteiger partial charge in [0.2, 0.25) is 5.91 Å². The van der Waals surface area contributed by atoms with Gasteiger partial charge in [-0.1, -0.05) is 128 Å². The molecule has 8 nitrogen and oxygen atoms in total. The molecule has 2 N–H and O–H groups in total. The molecule has 0 spiro atoms. The molecule has 9 heteroatoms. The summed E-state index contributed by atoms with van der Waals surface area (Å²) in [6.45, 7) is 4.54. The minimum atomic E-state index is -4.57. The number of nitrogens with zero attached hydrogens (tertiary/aromatic N) is 1. The average molecular weight is 645 g/mol. The minimum absolute atomic E-state index is 0.00530. The molecule has 0 bridgehead atoms. The predicted molar refractivity (Wildman–Crippen MR) is 182 cm³/mol. The fourth-order valence-corrected chi connectivity index (χ4v) is 5.48. The van der Waals surface area contributed by atoms with E-state index in [2.05, 4.69) is 31.3 Å². The molecule has 0 aliphatic heterocycles. The van der Waals surface area contributed by atoms with Gasteiger partial charge in [0.15, 0.2) is 0 Å². The molecule has 0 aromatic rings. The Kier molecular flexibility index (Phi) is 27.6. The van der Waals surface area contributed by atoms with Crippen molar-refractivity contribution < 1.29 is 32.9 Å². The Morgan fingerprint density at radius 3 is 1.84 bits per heavy atom. The Balaban J connectivity index is 4.59. The molecular weight excluding hydrogens is 575 g/mol. The number of quaternary nitrogens is 1. The molecule has 1 amide bonds. The van der Waals surface area contributed by atoms with Gasteiger partial charge >= 0.3 is 0 Å². The summed E-state index contributed by atoms with van der Waals surface area (Å²) in [5, 5.41) is 13.6. The summed E-state index contributed by atoms with van der Waals surface area (Å²) < 4.78 is 22.9. The number of rotatable bonds is 31. The number of phosphoric ester groups is 1. The van der Waals surface area contributed by atoms with Crippen LogP contribution in [0, 0.1) is 0 Å². The lowest BCUT2D eigenvalue weighted by atomic mass is 10.1. The van der Waals surface area contributed by atoms with Crippen molar-refractivity contribution in [2.24, 2.45) is 0 Å². The van der Waals surface area contributed by atoms with Crippen molar-refractivity contribution in [2.75, 3.05) is 40.9 Å². The second-order valence-corrected chi connectivity index (χ2v) is 14.6. The van der Waals surface area contributed by atoms with Gasteiger partial charge in [-0.05, 0) is 32.1 Å². The van der Waals surface area contributed by atoms with Crippen molar-refractivity contribution in [3.05, 3.63) is 24.3 Å². The molecule has 0 rings (SSSR count). The molecule has 0 aliphatic carbocycles. The quantitative estimate of drug-likeness (QED) is 0.0343. The average Bonchev–Trinajstić information content (AvgIpc) is 2.95. The summed E-state index contributed by atoms with van der Waals surface area (Å²) in [5.74, 6) is -0.217. The zero-order valence-electron chi connectivity index (χ0n) is 29.1. The molecule has 0 fully saturated rings. The zero-order valence-corrected chi connectivity index (χ0v) is 30.0. The molecule has 0 saturated carbocycles. The van der Waals surface area contributed by atoms with Crippen molar-refractivity contribution in [1.82, 2.24) is 5.32 Å². The highest BCUT2D eigenvalue weighted by atomic mass is 31.2. The summed E-state index contributed by atoms with van der Waals surface area (Å²) in [5.41, 5.74) is 0. The van der Waals surface area contributed by atoms with Gasteiger partial charge in [-0.2, -0.15) is 0 Å². The van der Waals surface area contributed by atoms with Crippen molar-refractivity contribution >= 4 is 13.7 Å². The molecule has 0 radical (unpaired) electrons. The Morgan fingerprint density at radius 2 is 1.27 bits per heavy atom. The van der Waals surface area contributed by atoms with Gasteiger partial charge in [-0.25, -0.2) is 0 Å². The first kappa shape index (κ1) is 43.0. The van der Waals surface area contributed by atoms with Crippen LogP contribution in [0.2, 0.25) is 0 Å². The maximum atomic E-state index is 12.6. The lowest BCUT2D eigenvalue weighted by Gasteiger charge is -2.29. The highest BCUT2D eigenvalue weighted by Crippen LogP contribution is 2.38. The van der Waals surface area contributed by atoms with Crippen LogP contribution in [0.5, 0.6) is 0 Å². The largest absolute Gasteiger partial charge is 0.756 e. The molecule has 1 unspecified atom stereocenters. The van der Waals surface area contributed by atoms with Crippen LogP contribution in [0.25, 0.3) is 0 Å². The molecule has 0 saturated heterocycles. The Hall–Kier alpha value is -1.02. The number of nitrogens with one attached hydrogen (secondary N) is 1. The fourth-order valence-electron chi connectivity index (χ4n) is 4.75. The number of hydrogen-bond acceptors (Lipinski definition) is 6. The first-order valence-electron chi connectivity index (χ1n) is 17.7. The fraction of sp³-hybridized carbons (Fsp3) is 0.857. The number of carbonyl (C=O) groups excluding carboxylic acids is 1. The van der Waals surface area contributed by atoms with Crippen molar-refractivity contribution in [1.29, 1.82) is 0 Å². The summed E-state index contributed by atoms with van der Waals surface area (Å²) in [7, 11) is 1.24. The van der Waals surface area contributed by atoms with E-state index in [-0.39, 0.29) is 12.5 Å². The highest BCUT2D eigenvalue weighted by molar-refractivity contribution is 7.45. The van der Waals surface area contributed by atoms with Gasteiger partial charge in [0.05, 0.1) is 39.9 Å². The highest BCUT2D eigenvalue weighted by Gasteiger charge is 2.23. The second-order valence-electron chi connectivity index (χ2n) is 13.2. The van der Waals surface area contributed by atoms with Crippen molar-refractivity contribution in [3.8, 4) is 0 Å². The third-order valence-electron chi connectivity index (χ3n) is 7.66. The Morgan fingerprint density at radius 1 is 0.773 bits per heavy atom. The first-order chi connectivity index (χ1) is 21.0. The van der Waals surface area contributed by atoms with E-state index in [0.717, 1.165) is 38.5 Å². The summed E-state index contributed by atoms with van der Waals surface area (Å²) in [6.07, 6.45) is 29.5. The predicted octanol–water partition coefficient (Wildman–Crippen LogP) is 7.99. The Labute approximate surface area is 271 Å². The van der Waals surface area contributed by atoms with Gasteiger partial charge < -0.3 is 28.8 Å². The van der Waals surface area contributed by atoms with Gasteiger partial charge in [0.25, 0.3) is 7.82 Å². The van der Waals surface area contributed by atoms with Crippen LogP contribution >= 0.6 is 7.82 Å². The zero-order chi connectivity index (χ0) is 32.9. The van der Waals surface area contributed by atoms with E-state index in [1.54, 1.807) is 6.08 Å². The lowest BCUT2D eigenvalue weighted by molar-refractivity contribution is -0.870. The molecular formula is C35H69N2O6P. The molecule has 0 aliphatic rings. The third kappa shape index (κ3) is 29.7. The number of phosphoric acid groups is 1. The second kappa shape index (κ2) is 28.2. The molecule has 44 heavy (non-hydrogen) atoms. The van der Waals surface area contributed by atoms with Gasteiger partial charge in [-0.3, -0.25) is 9.36 Å². The number of aliphatic hydroxyl groups excluding tert-OH is 1. The standard InChI is InChI=1S/C35H69N2O6P/c1-6-8-10-12-14-15-16-17-18-19-20-21-23-24-26-28-34(38)33(32-43-44(40,41)42-31-30-37(3,4)5)36-35(39)29-27-25-22-13-11-9-7-2/h20-21,26,28,33-34,38H,6-19,22-25,27,29-32H2,1-5H3,(H-,36,39,40,41)/b21-20+,28-26+/t33-,34+/m1/s1. The first-order valence-corrected chi connectivity index (χ1v) is 19.2. The number of unbranched alkanes of at least 4 members (excludes halogenated alkanes) is 16. The summed E-state index contributed by atoms with van der Waals surface area (Å²) >= 11 is 0. The van der Waals surface area contributed by atoms with E-state index < -0.39 is 26.6 Å². The number of likely N-dealkylation sites (N-methyl/N-ethyl adjacent to an activating group) is 1. The van der Waals surface area contributed by atoms with Crippen LogP contribution in [-0.4, -0.2) is 68.5 Å². The minimum Gasteiger partial charge on any atom is -0.756 e. The number of aliphatic hydroxyl groups is 1. The molecule has 0 heterocycles. The molecule has 260 valence electrons. The van der Waals surface area contributed by atoms with Crippen LogP contribution in [0.4, 0.5) is 0 Å². The maximum Gasteiger partial charge on any atom is 0.268 e. The van der Waals surface area contributed by atoms with Crippen LogP contribution in [-0.2, 0) is 18.4 Å². The van der Waals surface area contributed by atoms with Crippen LogP contribution in [0.3, 0.4) is 0 Å². The third-order valence-corrected chi connectivity index (χ3v) is 8.63. The van der Waals surface area contributed by atoms with Crippen LogP contribution in [0.15, 0.2) is 24.3 Å². The monoisotopic (exact) mass is 644 g/mol. The summed E-state index contributed by atoms with van der Waals surface area (Å²) in [4.78, 5) is 24.9. The molecule has 0 aromatic carbocycles. The van der Waals surface area contributed by atoms with Crippen molar-refractivity contribution in [2.45, 2.75) is 154 Å². The lowest BCUT2D eigenvalue weighted by Crippen LogP contribution is -2.45. The number of allylic oxidation sites excluding steroid dienone is 3. The van der Waals surface area contributed by atoms with Gasteiger partial charge in [0.1, 0.15) is 13.2 Å². The number of amides is 1. The molecule has 3 atom stereocenters. The normalized spacial score (nSPS) is 15.2. The van der Waals surface area contributed by atoms with E-state index >= 15 is 0 Å². The van der Waals surface area contributed by atoms with E-state index in [1.165, 1.54) is 83.5 Å². The van der Waals surface area contributed by atoms with E-state index in [9.17, 15) is 19.4 Å². The maximum absolute atomic E-state index is 12.6. The van der Waals surface area contributed by atoms with E-state index in [0.29, 0.717) is 17.4 Å². The smallest absolute Gasteiger partial charge is 0.268 e. The van der Waals surface area contributed by atoms with Crippen LogP contribution in [0.1, 0.15) is 142 Å². The van der Waals surface area contributed by atoms with E-state index in [1.807, 2.05) is 27.2 Å². The van der Waals surface area contributed by atoms with Crippen LogP contribution < -0.4 is 10.2 Å². The van der Waals surface area contributed by atoms with E-state index in [4.69, 9.17) is 9.05 Å². The topological polar surface area (TPSA) is 108 Å². The SMILES string of the molecule is CCCCCCCCCCC/C=C/CC/C=C/[C@H](O)[C@@H](COP(=O)([O-])OCC[N+](C)(C)C)NC(=O)CCCCCCCCC. The summed E-state index contributed by atoms with van der Waals surface area (Å²) in [6, 6.07) is -0.894. The van der Waals surface area contributed by atoms with Gasteiger partial charge in [0, 0.05) is 6.42 Å². The van der Waals surface area contributed by atoms with Crippen molar-refractivity contribution in [3.63, 3.8) is 0 Å². The molecule has 0 aromatic heterocycles. The number of hydrogen-bond donors (Lipinski definition) is 2. The van der Waals surface area contributed by atoms with Gasteiger partial charge in [-0.15, -0.1) is 0 Å².